The van der Waals surface area contributed by atoms with Crippen LogP contribution in [0.25, 0.3) is 11.2 Å². The molecule has 0 aromatic carbocycles. The van der Waals surface area contributed by atoms with Gasteiger partial charge < -0.3 is 9.88 Å². The van der Waals surface area contributed by atoms with E-state index in [1.165, 1.54) is 12.8 Å². The van der Waals surface area contributed by atoms with E-state index < -0.39 is 0 Å². The number of fused-ring (bicyclic) bond motifs is 2. The molecule has 1 saturated carbocycles. The summed E-state index contributed by atoms with van der Waals surface area (Å²) in [6.45, 7) is 1.05. The molecule has 3 fully saturated rings. The van der Waals surface area contributed by atoms with E-state index in [0.29, 0.717) is 23.4 Å². The average Bonchev–Trinajstić information content (AvgIpc) is 2.98. The molecule has 19 heavy (non-hydrogen) atoms. The van der Waals surface area contributed by atoms with Crippen LogP contribution in [0.3, 0.4) is 0 Å². The third-order valence-electron chi connectivity index (χ3n) is 3.85. The molecule has 5 rings (SSSR count). The molecule has 0 spiro atoms. The van der Waals surface area contributed by atoms with Crippen molar-refractivity contribution in [3.05, 3.63) is 11.1 Å². The van der Waals surface area contributed by atoms with Gasteiger partial charge >= 0.3 is 0 Å². The molecule has 2 aromatic rings. The maximum absolute atomic E-state index is 5.99. The molecule has 0 amide bonds. The standard InChI is InChI=1S/C11H11Cl2N5.ClH/c12-3-7-14-8-9(15-7)16-11(13)17-10(8)18-4-5-1-6(18)2-5;/h5-6H,1-4H2,(H,14,15,16,17);1H. The van der Waals surface area contributed by atoms with Gasteiger partial charge in [0.25, 0.3) is 0 Å². The number of nitrogens with zero attached hydrogens (tertiary/aromatic N) is 4. The Hall–Kier alpha value is -0.780. The molecule has 2 bridgehead atoms. The Morgan fingerprint density at radius 3 is 2.68 bits per heavy atom. The van der Waals surface area contributed by atoms with Crippen molar-refractivity contribution in [2.24, 2.45) is 5.92 Å². The van der Waals surface area contributed by atoms with E-state index in [0.717, 1.165) is 23.8 Å². The molecule has 0 unspecified atom stereocenters. The number of anilines is 1. The first-order valence-corrected chi connectivity index (χ1v) is 6.90. The maximum atomic E-state index is 5.99. The van der Waals surface area contributed by atoms with Gasteiger partial charge in [0.05, 0.1) is 5.88 Å². The second-order valence-electron chi connectivity index (χ2n) is 4.97. The zero-order valence-electron chi connectivity index (χ0n) is 9.94. The predicted molar refractivity (Wildman–Crippen MR) is 77.4 cm³/mol. The van der Waals surface area contributed by atoms with Gasteiger partial charge in [-0.15, -0.1) is 24.0 Å². The van der Waals surface area contributed by atoms with Crippen molar-refractivity contribution in [3.8, 4) is 0 Å². The normalized spacial score (nSPS) is 24.4. The highest BCUT2D eigenvalue weighted by molar-refractivity contribution is 6.28. The van der Waals surface area contributed by atoms with Crippen LogP contribution in [0.2, 0.25) is 5.28 Å². The number of aromatic amines is 1. The highest BCUT2D eigenvalue weighted by Crippen LogP contribution is 2.44. The molecule has 1 aliphatic carbocycles. The third kappa shape index (κ3) is 1.95. The Morgan fingerprint density at radius 1 is 1.26 bits per heavy atom. The summed E-state index contributed by atoms with van der Waals surface area (Å²) < 4.78 is 0. The zero-order chi connectivity index (χ0) is 12.3. The summed E-state index contributed by atoms with van der Waals surface area (Å²) in [6.07, 6.45) is 2.52. The van der Waals surface area contributed by atoms with E-state index >= 15 is 0 Å². The van der Waals surface area contributed by atoms with Crippen LogP contribution < -0.4 is 4.90 Å². The first-order chi connectivity index (χ1) is 8.74. The quantitative estimate of drug-likeness (QED) is 0.683. The van der Waals surface area contributed by atoms with Gasteiger partial charge in [0.1, 0.15) is 5.82 Å². The molecule has 4 heterocycles. The summed E-state index contributed by atoms with van der Waals surface area (Å²) in [4.78, 5) is 18.4. The van der Waals surface area contributed by atoms with E-state index in [2.05, 4.69) is 24.8 Å². The van der Waals surface area contributed by atoms with Crippen LogP contribution in [0.5, 0.6) is 0 Å². The van der Waals surface area contributed by atoms with Crippen LogP contribution in [0.4, 0.5) is 5.82 Å². The fourth-order valence-corrected chi connectivity index (χ4v) is 3.25. The number of rotatable bonds is 2. The topological polar surface area (TPSA) is 57.7 Å². The van der Waals surface area contributed by atoms with Crippen molar-refractivity contribution in [1.82, 2.24) is 19.9 Å². The Balaban J connectivity index is 0.00000110. The third-order valence-corrected chi connectivity index (χ3v) is 4.28. The lowest BCUT2D eigenvalue weighted by atomic mass is 9.86. The van der Waals surface area contributed by atoms with Crippen molar-refractivity contribution in [2.75, 3.05) is 11.4 Å². The summed E-state index contributed by atoms with van der Waals surface area (Å²) in [5.41, 5.74) is 1.45. The van der Waals surface area contributed by atoms with Gasteiger partial charge in [-0.3, -0.25) is 0 Å². The van der Waals surface area contributed by atoms with Crippen LogP contribution in [-0.4, -0.2) is 32.5 Å². The number of nitrogens with one attached hydrogen (secondary N) is 1. The molecule has 5 nitrogen and oxygen atoms in total. The zero-order valence-corrected chi connectivity index (χ0v) is 12.3. The molecule has 3 aliphatic rings. The number of alkyl halides is 1. The van der Waals surface area contributed by atoms with Gasteiger partial charge in [0.2, 0.25) is 5.28 Å². The monoisotopic (exact) mass is 319 g/mol. The van der Waals surface area contributed by atoms with Crippen LogP contribution in [0.15, 0.2) is 0 Å². The second-order valence-corrected chi connectivity index (χ2v) is 5.58. The summed E-state index contributed by atoms with van der Waals surface area (Å²) >= 11 is 11.8. The van der Waals surface area contributed by atoms with Gasteiger partial charge in [0, 0.05) is 12.6 Å². The number of hydrogen-bond acceptors (Lipinski definition) is 4. The molecule has 2 aliphatic heterocycles. The minimum Gasteiger partial charge on any atom is -0.351 e. The average molecular weight is 321 g/mol. The van der Waals surface area contributed by atoms with Crippen LogP contribution in [0.1, 0.15) is 18.7 Å². The summed E-state index contributed by atoms with van der Waals surface area (Å²) in [5.74, 6) is 2.70. The summed E-state index contributed by atoms with van der Waals surface area (Å²) in [5, 5.41) is 0.256. The fraction of sp³-hybridized carbons (Fsp3) is 0.545. The molecule has 1 N–H and O–H groups in total. The van der Waals surface area contributed by atoms with Crippen molar-refractivity contribution >= 4 is 52.6 Å². The first-order valence-electron chi connectivity index (χ1n) is 5.99. The lowest BCUT2D eigenvalue weighted by molar-refractivity contribution is 0.380. The fourth-order valence-electron chi connectivity index (χ4n) is 2.96. The van der Waals surface area contributed by atoms with Crippen molar-refractivity contribution < 1.29 is 0 Å². The lowest BCUT2D eigenvalue weighted by Crippen LogP contribution is -2.29. The molecular weight excluding hydrogens is 309 g/mol. The molecule has 8 heteroatoms. The van der Waals surface area contributed by atoms with Gasteiger partial charge in [0.15, 0.2) is 17.0 Å². The van der Waals surface area contributed by atoms with Crippen molar-refractivity contribution in [2.45, 2.75) is 24.8 Å². The Kier molecular flexibility index (Phi) is 3.23. The van der Waals surface area contributed by atoms with Crippen molar-refractivity contribution in [3.63, 3.8) is 0 Å². The predicted octanol–water partition coefficient (Wildman–Crippen LogP) is 2.77. The van der Waals surface area contributed by atoms with E-state index in [9.17, 15) is 0 Å². The molecule has 0 atom stereocenters. The Bertz CT molecular complexity index is 622. The minimum absolute atomic E-state index is 0. The largest absolute Gasteiger partial charge is 0.351 e. The van der Waals surface area contributed by atoms with Gasteiger partial charge in [-0.1, -0.05) is 0 Å². The lowest BCUT2D eigenvalue weighted by Gasteiger charge is -2.26. The number of hydrogen-bond donors (Lipinski definition) is 1. The second kappa shape index (κ2) is 4.65. The van der Waals surface area contributed by atoms with Crippen LogP contribution >= 0.6 is 35.6 Å². The molecule has 102 valence electrons. The Morgan fingerprint density at radius 2 is 2.05 bits per heavy atom. The SMILES string of the molecule is Cl.ClCc1nc2c(N3CC4CC3C4)nc(Cl)nc2[nH]1. The van der Waals surface area contributed by atoms with Crippen LogP contribution in [-0.2, 0) is 5.88 Å². The van der Waals surface area contributed by atoms with E-state index in [-0.39, 0.29) is 17.7 Å². The molecular formula is C11H12Cl3N5. The first kappa shape index (κ1) is 13.2. The highest BCUT2D eigenvalue weighted by atomic mass is 35.5. The molecule has 0 radical (unpaired) electrons. The number of aromatic nitrogens is 4. The van der Waals surface area contributed by atoms with E-state index in [1.54, 1.807) is 0 Å². The number of imidazole rings is 1. The van der Waals surface area contributed by atoms with Gasteiger partial charge in [-0.25, -0.2) is 4.98 Å². The minimum atomic E-state index is 0. The highest BCUT2D eigenvalue weighted by Gasteiger charge is 2.44. The van der Waals surface area contributed by atoms with Gasteiger partial charge in [-0.05, 0) is 30.4 Å². The summed E-state index contributed by atoms with van der Waals surface area (Å²) in [7, 11) is 0. The van der Waals surface area contributed by atoms with Gasteiger partial charge in [-0.2, -0.15) is 9.97 Å². The molecule has 2 aromatic heterocycles. The maximum Gasteiger partial charge on any atom is 0.226 e. The van der Waals surface area contributed by atoms with Crippen LogP contribution in [0, 0.1) is 5.92 Å². The molecule has 2 saturated heterocycles. The Labute approximate surface area is 126 Å². The smallest absolute Gasteiger partial charge is 0.226 e. The van der Waals surface area contributed by atoms with E-state index in [4.69, 9.17) is 23.2 Å². The summed E-state index contributed by atoms with van der Waals surface area (Å²) in [6, 6.07) is 0.598. The number of H-pyrrole nitrogens is 1. The van der Waals surface area contributed by atoms with E-state index in [1.807, 2.05) is 0 Å². The van der Waals surface area contributed by atoms with Crippen molar-refractivity contribution in [1.29, 1.82) is 0 Å². The number of halogens is 3.